The molecule has 4 nitrogen and oxygen atoms in total. The van der Waals surface area contributed by atoms with Gasteiger partial charge in [0.05, 0.1) is 16.1 Å². The third kappa shape index (κ3) is 4.14. The molecule has 0 saturated carbocycles. The fourth-order valence-corrected chi connectivity index (χ4v) is 3.09. The Bertz CT molecular complexity index is 1080. The first-order chi connectivity index (χ1) is 13.3. The molecule has 144 valence electrons. The summed E-state index contributed by atoms with van der Waals surface area (Å²) in [6.45, 7) is 0.292. The van der Waals surface area contributed by atoms with E-state index >= 15 is 0 Å². The Morgan fingerprint density at radius 2 is 1.86 bits per heavy atom. The van der Waals surface area contributed by atoms with Crippen LogP contribution in [0.25, 0.3) is 11.4 Å². The molecular weight excluding hydrogens is 391 g/mol. The zero-order valence-corrected chi connectivity index (χ0v) is 15.5. The number of hydrogen-bond donors (Lipinski definition) is 0. The van der Waals surface area contributed by atoms with Crippen LogP contribution in [0.4, 0.5) is 13.2 Å². The second kappa shape index (κ2) is 7.98. The molecule has 1 aromatic heterocycles. The van der Waals surface area contributed by atoms with Crippen molar-refractivity contribution in [1.82, 2.24) is 9.55 Å². The molecule has 1 heterocycles. The maximum absolute atomic E-state index is 13.2. The predicted octanol–water partition coefficient (Wildman–Crippen LogP) is 4.68. The number of halogens is 4. The summed E-state index contributed by atoms with van der Waals surface area (Å²) in [6, 6.07) is 12.8. The predicted molar refractivity (Wildman–Crippen MR) is 103 cm³/mol. The van der Waals surface area contributed by atoms with E-state index in [-0.39, 0.29) is 17.0 Å². The summed E-state index contributed by atoms with van der Waals surface area (Å²) in [5.74, 6) is 0.0539. The number of hydrogen-bond acceptors (Lipinski definition) is 3. The molecule has 0 aliphatic carbocycles. The topological polar surface area (TPSA) is 47.2 Å². The van der Waals surface area contributed by atoms with Crippen molar-refractivity contribution in [2.45, 2.75) is 12.7 Å². The molecule has 3 aromatic rings. The van der Waals surface area contributed by atoms with Gasteiger partial charge in [-0.25, -0.2) is 0 Å². The average molecular weight is 406 g/mol. The first-order valence-electron chi connectivity index (χ1n) is 8.25. The minimum absolute atomic E-state index is 0.0320. The lowest BCUT2D eigenvalue weighted by Gasteiger charge is -2.17. The molecule has 3 rings (SSSR count). The van der Waals surface area contributed by atoms with Gasteiger partial charge in [0.15, 0.2) is 0 Å². The second-order valence-corrected chi connectivity index (χ2v) is 6.37. The quantitative estimate of drug-likeness (QED) is 0.592. The summed E-state index contributed by atoms with van der Waals surface area (Å²) in [5.41, 5.74) is -0.434. The van der Waals surface area contributed by atoms with Crippen LogP contribution >= 0.6 is 11.6 Å². The third-order valence-corrected chi connectivity index (χ3v) is 4.44. The van der Waals surface area contributed by atoms with Crippen molar-refractivity contribution >= 4 is 17.8 Å². The molecule has 0 aliphatic heterocycles. The number of nitrogens with zero attached hydrogens (tertiary/aromatic N) is 3. The first kappa shape index (κ1) is 19.8. The minimum Gasteiger partial charge on any atom is -0.327 e. The lowest BCUT2D eigenvalue weighted by molar-refractivity contribution is -0.137. The Kier molecular flexibility index (Phi) is 5.65. The maximum atomic E-state index is 13.2. The van der Waals surface area contributed by atoms with Gasteiger partial charge in [-0.3, -0.25) is 9.79 Å². The molecule has 0 saturated heterocycles. The molecule has 0 atom stereocenters. The van der Waals surface area contributed by atoms with Crippen LogP contribution in [0.15, 0.2) is 64.5 Å². The van der Waals surface area contributed by atoms with Crippen LogP contribution in [0, 0.1) is 0 Å². The Hall–Kier alpha value is -2.93. The highest BCUT2D eigenvalue weighted by atomic mass is 35.5. The van der Waals surface area contributed by atoms with Crippen molar-refractivity contribution in [3.05, 3.63) is 86.8 Å². The Balaban J connectivity index is 2.23. The van der Waals surface area contributed by atoms with Gasteiger partial charge in [0, 0.05) is 31.6 Å². The van der Waals surface area contributed by atoms with E-state index in [1.165, 1.54) is 31.6 Å². The van der Waals surface area contributed by atoms with Crippen LogP contribution in [-0.2, 0) is 12.7 Å². The van der Waals surface area contributed by atoms with E-state index in [0.29, 0.717) is 6.54 Å². The van der Waals surface area contributed by atoms with E-state index in [1.807, 2.05) is 30.3 Å². The Morgan fingerprint density at radius 3 is 2.50 bits per heavy atom. The van der Waals surface area contributed by atoms with Gasteiger partial charge < -0.3 is 4.57 Å². The highest BCUT2D eigenvalue weighted by Gasteiger charge is 2.34. The van der Waals surface area contributed by atoms with Crippen molar-refractivity contribution in [1.29, 1.82) is 0 Å². The third-order valence-electron chi connectivity index (χ3n) is 4.03. The van der Waals surface area contributed by atoms with Crippen molar-refractivity contribution in [2.24, 2.45) is 4.99 Å². The van der Waals surface area contributed by atoms with Gasteiger partial charge >= 0.3 is 6.18 Å². The number of benzene rings is 2. The fraction of sp³-hybridized carbons (Fsp3) is 0.150. The summed E-state index contributed by atoms with van der Waals surface area (Å²) in [7, 11) is 1.51. The van der Waals surface area contributed by atoms with Crippen LogP contribution < -0.4 is 5.56 Å². The van der Waals surface area contributed by atoms with Gasteiger partial charge in [0.25, 0.3) is 5.56 Å². The van der Waals surface area contributed by atoms with Crippen molar-refractivity contribution in [3.63, 3.8) is 0 Å². The highest BCUT2D eigenvalue weighted by Crippen LogP contribution is 2.39. The Labute approximate surface area is 164 Å². The zero-order valence-electron chi connectivity index (χ0n) is 14.7. The fourth-order valence-electron chi connectivity index (χ4n) is 2.78. The summed E-state index contributed by atoms with van der Waals surface area (Å²) in [4.78, 5) is 20.2. The number of aliphatic imine (C=N–C) groups is 1. The lowest BCUT2D eigenvalue weighted by Crippen LogP contribution is -2.20. The molecule has 0 aliphatic rings. The van der Waals surface area contributed by atoms with Gasteiger partial charge in [0.2, 0.25) is 0 Å². The van der Waals surface area contributed by atoms with Crippen LogP contribution in [-0.4, -0.2) is 22.8 Å². The number of rotatable bonds is 4. The smallest absolute Gasteiger partial charge is 0.327 e. The summed E-state index contributed by atoms with van der Waals surface area (Å²) >= 11 is 6.05. The summed E-state index contributed by atoms with van der Waals surface area (Å²) < 4.78 is 41.3. The van der Waals surface area contributed by atoms with Gasteiger partial charge in [0.1, 0.15) is 5.82 Å². The van der Waals surface area contributed by atoms with Gasteiger partial charge in [-0.1, -0.05) is 48.0 Å². The van der Waals surface area contributed by atoms with Gasteiger partial charge in [-0.15, -0.1) is 0 Å². The van der Waals surface area contributed by atoms with E-state index < -0.39 is 22.3 Å². The van der Waals surface area contributed by atoms with Gasteiger partial charge in [-0.2, -0.15) is 18.2 Å². The van der Waals surface area contributed by atoms with Crippen molar-refractivity contribution in [3.8, 4) is 11.4 Å². The molecule has 0 amide bonds. The second-order valence-electron chi connectivity index (χ2n) is 5.99. The Morgan fingerprint density at radius 1 is 1.14 bits per heavy atom. The molecule has 0 radical (unpaired) electrons. The normalized spacial score (nSPS) is 11.9. The minimum atomic E-state index is -4.62. The largest absolute Gasteiger partial charge is 0.417 e. The van der Waals surface area contributed by atoms with Crippen LogP contribution in [0.1, 0.15) is 16.7 Å². The molecule has 0 unspecified atom stereocenters. The van der Waals surface area contributed by atoms with Crippen LogP contribution in [0.5, 0.6) is 0 Å². The standard InChI is InChI=1S/C20H15ClF3N3O/c1-25-10-14-12-27(11-13-6-3-2-4-7-13)18(26-19(14)28)15-8-5-9-16(17(15)21)20(22,23)24/h2-10,12H,11H2,1H3. The molecule has 0 fully saturated rings. The van der Waals surface area contributed by atoms with E-state index in [1.54, 1.807) is 4.57 Å². The number of aromatic nitrogens is 2. The molecule has 0 N–H and O–H groups in total. The summed E-state index contributed by atoms with van der Waals surface area (Å²) in [5, 5.41) is -0.499. The highest BCUT2D eigenvalue weighted by molar-refractivity contribution is 6.34. The van der Waals surface area contributed by atoms with Crippen LogP contribution in [0.3, 0.4) is 0 Å². The molecule has 8 heteroatoms. The first-order valence-corrected chi connectivity index (χ1v) is 8.62. The molecule has 28 heavy (non-hydrogen) atoms. The summed E-state index contributed by atoms with van der Waals surface area (Å²) in [6.07, 6.45) is -1.75. The monoisotopic (exact) mass is 405 g/mol. The van der Waals surface area contributed by atoms with Crippen LogP contribution in [0.2, 0.25) is 5.02 Å². The SMILES string of the molecule is CN=Cc1cn(Cc2ccccc2)c(-c2cccc(C(F)(F)F)c2Cl)nc1=O. The van der Waals surface area contributed by atoms with Crippen molar-refractivity contribution in [2.75, 3.05) is 7.05 Å². The molecule has 0 spiro atoms. The number of alkyl halides is 3. The lowest BCUT2D eigenvalue weighted by atomic mass is 10.1. The van der Waals surface area contributed by atoms with E-state index in [0.717, 1.165) is 11.6 Å². The molecule has 2 aromatic carbocycles. The molecule has 0 bridgehead atoms. The van der Waals surface area contributed by atoms with E-state index in [9.17, 15) is 18.0 Å². The van der Waals surface area contributed by atoms with Crippen molar-refractivity contribution < 1.29 is 13.2 Å². The van der Waals surface area contributed by atoms with Gasteiger partial charge in [-0.05, 0) is 17.7 Å². The van der Waals surface area contributed by atoms with E-state index in [2.05, 4.69) is 9.98 Å². The molecular formula is C20H15ClF3N3O. The van der Waals surface area contributed by atoms with E-state index in [4.69, 9.17) is 11.6 Å². The zero-order chi connectivity index (χ0) is 20.3. The maximum Gasteiger partial charge on any atom is 0.417 e. The average Bonchev–Trinajstić information content (AvgIpc) is 2.65.